The molecule has 43 heavy (non-hydrogen) atoms. The molecule has 0 bridgehead atoms. The van der Waals surface area contributed by atoms with E-state index in [2.05, 4.69) is 41.9 Å². The van der Waals surface area contributed by atoms with Crippen molar-refractivity contribution in [3.05, 3.63) is 0 Å². The normalized spacial score (nSPS) is 11.5. The molecule has 21 nitrogen and oxygen atoms in total. The highest BCUT2D eigenvalue weighted by atomic mass is 16.4. The molecule has 0 spiro atoms. The van der Waals surface area contributed by atoms with Crippen LogP contribution in [-0.4, -0.2) is 116 Å². The maximum atomic E-state index is 12.4. The van der Waals surface area contributed by atoms with Gasteiger partial charge in [-0.2, -0.15) is 0 Å². The van der Waals surface area contributed by atoms with Crippen molar-refractivity contribution >= 4 is 53.3 Å². The number of nitrogens with two attached hydrogens (primary N) is 5. The van der Waals surface area contributed by atoms with E-state index >= 15 is 0 Å². The molecule has 6 amide bonds. The van der Waals surface area contributed by atoms with E-state index in [0.717, 1.165) is 0 Å². The SMILES string of the molecule is NCC(=O)N[C@@H](CCCN=C(N)N)C(=O)NCC(=O)NCC(=O)NCC(=O)N[C@@H](CCCN=C(N)N)C(=O)NCC(=O)O. The number of hydrogen-bond acceptors (Lipinski definition) is 10. The first-order valence-electron chi connectivity index (χ1n) is 12.9. The van der Waals surface area contributed by atoms with E-state index in [0.29, 0.717) is 6.42 Å². The molecule has 0 radical (unpaired) electrons. The van der Waals surface area contributed by atoms with Crippen LogP contribution in [0.5, 0.6) is 0 Å². The van der Waals surface area contributed by atoms with E-state index in [1.165, 1.54) is 0 Å². The van der Waals surface area contributed by atoms with Crippen LogP contribution in [0.1, 0.15) is 25.7 Å². The summed E-state index contributed by atoms with van der Waals surface area (Å²) in [6, 6.07) is -2.15. The van der Waals surface area contributed by atoms with Gasteiger partial charge in [-0.3, -0.25) is 43.5 Å². The molecular formula is C22H41N13O8. The van der Waals surface area contributed by atoms with Crippen molar-refractivity contribution in [3.63, 3.8) is 0 Å². The molecule has 0 heterocycles. The number of aliphatic imine (C=N–C) groups is 2. The van der Waals surface area contributed by atoms with E-state index in [9.17, 15) is 33.6 Å². The zero-order valence-corrected chi connectivity index (χ0v) is 23.5. The largest absolute Gasteiger partial charge is 0.480 e. The fourth-order valence-corrected chi connectivity index (χ4v) is 3.10. The number of nitrogens with one attached hydrogen (secondary N) is 6. The fourth-order valence-electron chi connectivity index (χ4n) is 3.10. The Kier molecular flexibility index (Phi) is 18.9. The van der Waals surface area contributed by atoms with Gasteiger partial charge in [-0.05, 0) is 25.7 Å². The lowest BCUT2D eigenvalue weighted by Gasteiger charge is -2.18. The summed E-state index contributed by atoms with van der Waals surface area (Å²) in [6.45, 7) is -2.31. The molecule has 0 aromatic rings. The summed E-state index contributed by atoms with van der Waals surface area (Å²) >= 11 is 0. The summed E-state index contributed by atoms with van der Waals surface area (Å²) in [5.41, 5.74) is 26.2. The van der Waals surface area contributed by atoms with Gasteiger partial charge in [0.25, 0.3) is 0 Å². The van der Waals surface area contributed by atoms with Gasteiger partial charge in [-0.25, -0.2) is 0 Å². The van der Waals surface area contributed by atoms with E-state index in [4.69, 9.17) is 33.8 Å². The van der Waals surface area contributed by atoms with Crippen LogP contribution >= 0.6 is 0 Å². The Bertz CT molecular complexity index is 1040. The quantitative estimate of drug-likeness (QED) is 0.0324. The number of hydrogen-bond donors (Lipinski definition) is 12. The van der Waals surface area contributed by atoms with Crippen molar-refractivity contribution < 1.29 is 38.7 Å². The van der Waals surface area contributed by atoms with Gasteiger partial charge in [0, 0.05) is 13.1 Å². The number of rotatable bonds is 21. The number of nitrogens with zero attached hydrogens (tertiary/aromatic N) is 2. The lowest BCUT2D eigenvalue weighted by Crippen LogP contribution is -2.51. The number of guanidine groups is 2. The van der Waals surface area contributed by atoms with Gasteiger partial charge in [0.05, 0.1) is 26.2 Å². The van der Waals surface area contributed by atoms with Crippen molar-refractivity contribution in [1.82, 2.24) is 31.9 Å². The van der Waals surface area contributed by atoms with Crippen molar-refractivity contribution in [1.29, 1.82) is 0 Å². The Labute approximate surface area is 246 Å². The van der Waals surface area contributed by atoms with Crippen LogP contribution in [0, 0.1) is 0 Å². The Balaban J connectivity index is 4.69. The number of carbonyl (C=O) groups is 7. The second kappa shape index (κ2) is 21.5. The molecule has 0 fully saturated rings. The number of aliphatic carboxylic acids is 1. The number of carboxylic acids is 1. The predicted molar refractivity (Wildman–Crippen MR) is 152 cm³/mol. The topological polar surface area (TPSA) is 367 Å². The van der Waals surface area contributed by atoms with Gasteiger partial charge < -0.3 is 65.7 Å². The molecule has 0 aromatic heterocycles. The maximum Gasteiger partial charge on any atom is 0.322 e. The average Bonchev–Trinajstić information content (AvgIpc) is 2.94. The molecule has 0 rings (SSSR count). The molecule has 0 aliphatic heterocycles. The highest BCUT2D eigenvalue weighted by molar-refractivity contribution is 5.93. The number of carboxylic acid groups (broad SMARTS) is 1. The lowest BCUT2D eigenvalue weighted by molar-refractivity contribution is -0.138. The zero-order valence-electron chi connectivity index (χ0n) is 23.5. The van der Waals surface area contributed by atoms with Gasteiger partial charge in [0.2, 0.25) is 35.4 Å². The molecule has 17 N–H and O–H groups in total. The molecule has 0 aliphatic rings. The lowest BCUT2D eigenvalue weighted by atomic mass is 10.1. The van der Waals surface area contributed by atoms with Crippen LogP contribution in [0.25, 0.3) is 0 Å². The van der Waals surface area contributed by atoms with E-state index < -0.39 is 79.7 Å². The molecule has 0 aliphatic carbocycles. The first-order valence-corrected chi connectivity index (χ1v) is 12.9. The van der Waals surface area contributed by atoms with Gasteiger partial charge >= 0.3 is 5.97 Å². The van der Waals surface area contributed by atoms with E-state index in [-0.39, 0.29) is 50.8 Å². The summed E-state index contributed by atoms with van der Waals surface area (Å²) in [4.78, 5) is 91.0. The van der Waals surface area contributed by atoms with Crippen LogP contribution in [0.15, 0.2) is 9.98 Å². The van der Waals surface area contributed by atoms with Gasteiger partial charge in [0.15, 0.2) is 11.9 Å². The third kappa shape index (κ3) is 20.3. The van der Waals surface area contributed by atoms with Gasteiger partial charge in [-0.1, -0.05) is 0 Å². The average molecular weight is 616 g/mol. The minimum Gasteiger partial charge on any atom is -0.480 e. The second-order valence-corrected chi connectivity index (χ2v) is 8.72. The Hall–Kier alpha value is -5.21. The van der Waals surface area contributed by atoms with E-state index in [1.54, 1.807) is 0 Å². The molecule has 0 unspecified atom stereocenters. The summed E-state index contributed by atoms with van der Waals surface area (Å²) in [5, 5.41) is 22.5. The Morgan fingerprint density at radius 1 is 0.581 bits per heavy atom. The second-order valence-electron chi connectivity index (χ2n) is 8.72. The molecule has 0 aromatic carbocycles. The third-order valence-electron chi connectivity index (χ3n) is 5.11. The standard InChI is InChI=1S/C22H41N13O8/c23-7-14(36)34-12(3-1-5-28-21(24)25)19(42)32-9-16(38)30-8-15(37)31-10-17(39)35-13(4-2-6-29-22(26)27)20(43)33-11-18(40)41/h12-13H,1-11,23H2,(H,30,38)(H,31,37)(H,32,42)(H,33,43)(H,34,36)(H,35,39)(H,40,41)(H4,24,25,28)(H4,26,27,29)/t12-,13-/m0/s1. The minimum atomic E-state index is -1.29. The minimum absolute atomic E-state index is 0.0662. The Morgan fingerprint density at radius 2 is 0.977 bits per heavy atom. The smallest absolute Gasteiger partial charge is 0.322 e. The monoisotopic (exact) mass is 615 g/mol. The van der Waals surface area contributed by atoms with Crippen LogP contribution in [0.2, 0.25) is 0 Å². The number of carbonyl (C=O) groups excluding carboxylic acids is 6. The summed E-state index contributed by atoms with van der Waals surface area (Å²) in [5.74, 6) is -5.89. The molecule has 2 atom stereocenters. The van der Waals surface area contributed by atoms with Crippen molar-refractivity contribution in [2.75, 3.05) is 45.8 Å². The summed E-state index contributed by atoms with van der Waals surface area (Å²) in [6.07, 6.45) is 0.832. The van der Waals surface area contributed by atoms with Crippen LogP contribution in [0.4, 0.5) is 0 Å². The Morgan fingerprint density at radius 3 is 1.40 bits per heavy atom. The van der Waals surface area contributed by atoms with Crippen molar-refractivity contribution in [2.45, 2.75) is 37.8 Å². The van der Waals surface area contributed by atoms with Crippen LogP contribution < -0.4 is 60.6 Å². The molecule has 0 saturated carbocycles. The summed E-state index contributed by atoms with van der Waals surface area (Å²) < 4.78 is 0. The number of amides is 6. The predicted octanol–water partition coefficient (Wildman–Crippen LogP) is -7.43. The van der Waals surface area contributed by atoms with Gasteiger partial charge in [-0.15, -0.1) is 0 Å². The summed E-state index contributed by atoms with van der Waals surface area (Å²) in [7, 11) is 0. The maximum absolute atomic E-state index is 12.4. The third-order valence-corrected chi connectivity index (χ3v) is 5.11. The highest BCUT2D eigenvalue weighted by Crippen LogP contribution is 2.00. The van der Waals surface area contributed by atoms with E-state index in [1.807, 2.05) is 0 Å². The van der Waals surface area contributed by atoms with Crippen LogP contribution in [-0.2, 0) is 33.6 Å². The molecule has 242 valence electrons. The first-order chi connectivity index (χ1) is 20.2. The van der Waals surface area contributed by atoms with Crippen molar-refractivity contribution in [2.24, 2.45) is 38.7 Å². The zero-order chi connectivity index (χ0) is 32.8. The fraction of sp³-hybridized carbons (Fsp3) is 0.591. The molecule has 21 heteroatoms. The van der Waals surface area contributed by atoms with Crippen LogP contribution in [0.3, 0.4) is 0 Å². The first kappa shape index (κ1) is 37.8. The van der Waals surface area contributed by atoms with Crippen molar-refractivity contribution in [3.8, 4) is 0 Å². The van der Waals surface area contributed by atoms with Gasteiger partial charge in [0.1, 0.15) is 18.6 Å². The molecular weight excluding hydrogens is 574 g/mol. The highest BCUT2D eigenvalue weighted by Gasteiger charge is 2.22. The molecule has 0 saturated heterocycles.